The first kappa shape index (κ1) is 30.5. The maximum absolute atomic E-state index is 14.5. The number of aliphatic hydroxyl groups excluding tert-OH is 1. The Kier molecular flexibility index (Phi) is 8.65. The molecule has 11 nitrogen and oxygen atoms in total. The third-order valence-electron chi connectivity index (χ3n) is 9.70. The Morgan fingerprint density at radius 2 is 1.80 bits per heavy atom. The van der Waals surface area contributed by atoms with Crippen molar-refractivity contribution >= 4 is 23.4 Å². The number of likely N-dealkylation sites (tertiary alicyclic amines) is 1. The lowest BCUT2D eigenvalue weighted by Crippen LogP contribution is -2.57. The Hall–Kier alpha value is -3.51. The van der Waals surface area contributed by atoms with Crippen LogP contribution in [0.5, 0.6) is 5.75 Å². The quantitative estimate of drug-likeness (QED) is 0.354. The molecule has 3 amide bonds. The average Bonchev–Trinajstić information content (AvgIpc) is 3.60. The molecular formula is C33H42N4O7. The highest BCUT2D eigenvalue weighted by atomic mass is 16.5. The van der Waals surface area contributed by atoms with Gasteiger partial charge in [0.15, 0.2) is 0 Å². The van der Waals surface area contributed by atoms with E-state index in [-0.39, 0.29) is 24.3 Å². The van der Waals surface area contributed by atoms with Crippen molar-refractivity contribution < 1.29 is 33.7 Å². The number of carbonyl (C=O) groups is 3. The van der Waals surface area contributed by atoms with Crippen molar-refractivity contribution in [2.24, 2.45) is 11.8 Å². The molecule has 4 aliphatic heterocycles. The summed E-state index contributed by atoms with van der Waals surface area (Å²) in [5, 5.41) is 16.7. The van der Waals surface area contributed by atoms with Crippen LogP contribution in [-0.2, 0) is 23.9 Å². The summed E-state index contributed by atoms with van der Waals surface area (Å²) in [4.78, 5) is 46.4. The first-order chi connectivity index (χ1) is 21.3. The topological polar surface area (TPSA) is 130 Å². The van der Waals surface area contributed by atoms with Gasteiger partial charge >= 0.3 is 0 Å². The SMILES string of the molecule is CCOc1ccc(NC(=O)[C@@H]2[C@H]3C(=O)N([C@H](CO)c4ccccc4)C(C(=O)NCCN4CCOCC4)C34CC[C@@]2(C)O4)cc1. The van der Waals surface area contributed by atoms with Crippen molar-refractivity contribution in [3.63, 3.8) is 0 Å². The molecule has 4 saturated heterocycles. The van der Waals surface area contributed by atoms with Gasteiger partial charge in [-0.15, -0.1) is 0 Å². The maximum atomic E-state index is 14.5. The van der Waals surface area contributed by atoms with Crippen LogP contribution in [0.1, 0.15) is 38.3 Å². The summed E-state index contributed by atoms with van der Waals surface area (Å²) >= 11 is 0. The molecule has 6 rings (SSSR count). The van der Waals surface area contributed by atoms with E-state index in [1.165, 1.54) is 4.90 Å². The number of hydrogen-bond acceptors (Lipinski definition) is 8. The van der Waals surface area contributed by atoms with Crippen LogP contribution in [0.3, 0.4) is 0 Å². The van der Waals surface area contributed by atoms with Crippen molar-refractivity contribution in [3.8, 4) is 5.75 Å². The van der Waals surface area contributed by atoms with E-state index in [4.69, 9.17) is 14.2 Å². The Balaban J connectivity index is 1.30. The minimum Gasteiger partial charge on any atom is -0.494 e. The van der Waals surface area contributed by atoms with E-state index in [2.05, 4.69) is 15.5 Å². The molecule has 2 unspecified atom stereocenters. The number of nitrogens with zero attached hydrogens (tertiary/aromatic N) is 2. The molecule has 4 aliphatic rings. The molecule has 4 heterocycles. The number of benzene rings is 2. The Labute approximate surface area is 257 Å². The molecule has 6 atom stereocenters. The highest BCUT2D eigenvalue weighted by molar-refractivity contribution is 6.02. The third kappa shape index (κ3) is 5.36. The van der Waals surface area contributed by atoms with Crippen molar-refractivity contribution in [1.29, 1.82) is 0 Å². The normalized spacial score (nSPS) is 30.2. The van der Waals surface area contributed by atoms with Crippen LogP contribution in [0.25, 0.3) is 0 Å². The van der Waals surface area contributed by atoms with E-state index in [0.717, 1.165) is 13.1 Å². The molecule has 0 aliphatic carbocycles. The summed E-state index contributed by atoms with van der Waals surface area (Å²) in [6.45, 7) is 7.88. The lowest BCUT2D eigenvalue weighted by Gasteiger charge is -2.37. The van der Waals surface area contributed by atoms with Gasteiger partial charge in [-0.25, -0.2) is 0 Å². The van der Waals surface area contributed by atoms with Gasteiger partial charge in [-0.05, 0) is 56.5 Å². The lowest BCUT2D eigenvalue weighted by molar-refractivity contribution is -0.149. The molecule has 2 bridgehead atoms. The molecule has 3 N–H and O–H groups in total. The zero-order valence-corrected chi connectivity index (χ0v) is 25.4. The first-order valence-electron chi connectivity index (χ1n) is 15.6. The Bertz CT molecular complexity index is 1350. The summed E-state index contributed by atoms with van der Waals surface area (Å²) < 4.78 is 17.7. The average molecular weight is 607 g/mol. The molecule has 236 valence electrons. The monoisotopic (exact) mass is 606 g/mol. The Morgan fingerprint density at radius 3 is 2.48 bits per heavy atom. The van der Waals surface area contributed by atoms with Crippen LogP contribution in [-0.4, -0.2) is 102 Å². The van der Waals surface area contributed by atoms with Gasteiger partial charge in [0.2, 0.25) is 17.7 Å². The van der Waals surface area contributed by atoms with E-state index in [1.807, 2.05) is 44.2 Å². The smallest absolute Gasteiger partial charge is 0.245 e. The highest BCUT2D eigenvalue weighted by Gasteiger charge is 2.78. The van der Waals surface area contributed by atoms with E-state index in [0.29, 0.717) is 62.8 Å². The molecule has 4 fully saturated rings. The number of hydrogen-bond donors (Lipinski definition) is 3. The predicted octanol–water partition coefficient (Wildman–Crippen LogP) is 1.97. The molecular weight excluding hydrogens is 564 g/mol. The summed E-state index contributed by atoms with van der Waals surface area (Å²) in [7, 11) is 0. The maximum Gasteiger partial charge on any atom is 0.245 e. The molecule has 1 spiro atoms. The summed E-state index contributed by atoms with van der Waals surface area (Å²) in [5.74, 6) is -2.02. The number of morpholine rings is 1. The number of aliphatic hydroxyl groups is 1. The van der Waals surface area contributed by atoms with Gasteiger partial charge in [0.05, 0.1) is 49.9 Å². The second kappa shape index (κ2) is 12.5. The minimum atomic E-state index is -1.20. The number of carbonyl (C=O) groups excluding carboxylic acids is 3. The zero-order chi connectivity index (χ0) is 30.9. The highest BCUT2D eigenvalue weighted by Crippen LogP contribution is 2.64. The largest absolute Gasteiger partial charge is 0.494 e. The second-order valence-electron chi connectivity index (χ2n) is 12.3. The number of nitrogens with one attached hydrogen (secondary N) is 2. The van der Waals surface area contributed by atoms with Crippen molar-refractivity contribution in [1.82, 2.24) is 15.1 Å². The molecule has 0 radical (unpaired) electrons. The third-order valence-corrected chi connectivity index (χ3v) is 9.70. The van der Waals surface area contributed by atoms with Gasteiger partial charge in [-0.1, -0.05) is 30.3 Å². The van der Waals surface area contributed by atoms with Crippen molar-refractivity contribution in [2.45, 2.75) is 50.0 Å². The lowest BCUT2D eigenvalue weighted by atomic mass is 9.66. The van der Waals surface area contributed by atoms with E-state index < -0.39 is 35.1 Å². The predicted molar refractivity (Wildman–Crippen MR) is 162 cm³/mol. The van der Waals surface area contributed by atoms with Gasteiger partial charge in [0, 0.05) is 31.9 Å². The number of anilines is 1. The molecule has 2 aromatic carbocycles. The van der Waals surface area contributed by atoms with E-state index >= 15 is 0 Å². The summed E-state index contributed by atoms with van der Waals surface area (Å²) in [6.07, 6.45) is 0.983. The standard InChI is InChI=1S/C33H42N4O7/c1-3-43-24-11-9-23(10-12-24)35-29(39)26-27-31(41)37(25(21-38)22-7-5-4-6-8-22)28(33(27)14-13-32(26,2)44-33)30(40)34-15-16-36-17-19-42-20-18-36/h4-12,25-28,38H,3,13-21H2,1-2H3,(H,34,40)(H,35,39)/t25-,26+,27+,28?,32-,33?/m1/s1. The van der Waals surface area contributed by atoms with Crippen molar-refractivity contribution in [2.75, 3.05) is 57.9 Å². The van der Waals surface area contributed by atoms with Gasteiger partial charge in [-0.3, -0.25) is 19.3 Å². The van der Waals surface area contributed by atoms with E-state index in [9.17, 15) is 19.5 Å². The van der Waals surface area contributed by atoms with Gasteiger partial charge in [0.1, 0.15) is 17.4 Å². The Morgan fingerprint density at radius 1 is 1.07 bits per heavy atom. The number of ether oxygens (including phenoxy) is 3. The molecule has 0 saturated carbocycles. The zero-order valence-electron chi connectivity index (χ0n) is 25.4. The summed E-state index contributed by atoms with van der Waals surface area (Å²) in [6, 6.07) is 14.5. The number of fused-ring (bicyclic) bond motifs is 1. The van der Waals surface area contributed by atoms with Crippen LogP contribution >= 0.6 is 0 Å². The molecule has 44 heavy (non-hydrogen) atoms. The van der Waals surface area contributed by atoms with Crippen LogP contribution in [0, 0.1) is 11.8 Å². The fourth-order valence-corrected chi connectivity index (χ4v) is 7.71. The van der Waals surface area contributed by atoms with Crippen LogP contribution in [0.2, 0.25) is 0 Å². The van der Waals surface area contributed by atoms with Crippen LogP contribution in [0.15, 0.2) is 54.6 Å². The van der Waals surface area contributed by atoms with Crippen LogP contribution < -0.4 is 15.4 Å². The van der Waals surface area contributed by atoms with Gasteiger partial charge in [0.25, 0.3) is 0 Å². The van der Waals surface area contributed by atoms with E-state index in [1.54, 1.807) is 24.3 Å². The fraction of sp³-hybridized carbons (Fsp3) is 0.545. The van der Waals surface area contributed by atoms with Gasteiger partial charge in [-0.2, -0.15) is 0 Å². The van der Waals surface area contributed by atoms with Crippen molar-refractivity contribution in [3.05, 3.63) is 60.2 Å². The summed E-state index contributed by atoms with van der Waals surface area (Å²) in [5.41, 5.74) is -0.828. The van der Waals surface area contributed by atoms with Gasteiger partial charge < -0.3 is 34.9 Å². The fourth-order valence-electron chi connectivity index (χ4n) is 7.71. The number of amides is 3. The molecule has 2 aromatic rings. The molecule has 0 aromatic heterocycles. The number of rotatable bonds is 11. The molecule has 11 heteroatoms. The minimum absolute atomic E-state index is 0.329. The first-order valence-corrected chi connectivity index (χ1v) is 15.6. The van der Waals surface area contributed by atoms with Crippen LogP contribution in [0.4, 0.5) is 5.69 Å². The second-order valence-corrected chi connectivity index (χ2v) is 12.3.